The predicted octanol–water partition coefficient (Wildman–Crippen LogP) is -1.65. The second kappa shape index (κ2) is 1.05. The summed E-state index contributed by atoms with van der Waals surface area (Å²) in [6.45, 7) is 0.148. The zero-order chi connectivity index (χ0) is 6.59. The average molecular weight is 125 g/mol. The van der Waals surface area contributed by atoms with E-state index in [1.54, 1.807) is 0 Å². The second-order valence-electron chi connectivity index (χ2n) is 2.17. The van der Waals surface area contributed by atoms with Gasteiger partial charge in [-0.1, -0.05) is 0 Å². The van der Waals surface area contributed by atoms with Crippen molar-refractivity contribution >= 4 is 17.5 Å². The zero-order valence-corrected chi connectivity index (χ0v) is 4.46. The van der Waals surface area contributed by atoms with Gasteiger partial charge in [0.1, 0.15) is 0 Å². The van der Waals surface area contributed by atoms with E-state index in [9.17, 15) is 14.4 Å². The molecule has 0 radical (unpaired) electrons. The van der Waals surface area contributed by atoms with Gasteiger partial charge in [-0.05, 0) is 0 Å². The summed E-state index contributed by atoms with van der Waals surface area (Å²) in [4.78, 5) is 32.5. The maximum atomic E-state index is 10.4. The number of carbonyl (C=O) groups excluding carboxylic acids is 3. The summed E-state index contributed by atoms with van der Waals surface area (Å²) in [5.74, 6) is -1.16. The van der Waals surface area contributed by atoms with Crippen LogP contribution in [0, 0.1) is 0 Å². The SMILES string of the molecule is O=C1CN2C(=O)C(=O)C12. The molecule has 46 valence electrons. The molecule has 2 heterocycles. The Bertz CT molecular complexity index is 232. The fourth-order valence-electron chi connectivity index (χ4n) is 1.08. The Morgan fingerprint density at radius 3 is 2.33 bits per heavy atom. The summed E-state index contributed by atoms with van der Waals surface area (Å²) in [6.07, 6.45) is 0. The molecule has 2 saturated heterocycles. The van der Waals surface area contributed by atoms with Gasteiger partial charge in [0.25, 0.3) is 5.91 Å². The lowest BCUT2D eigenvalue weighted by Crippen LogP contribution is -2.75. The molecule has 9 heavy (non-hydrogen) atoms. The van der Waals surface area contributed by atoms with Crippen LogP contribution in [0.4, 0.5) is 0 Å². The Morgan fingerprint density at radius 1 is 1.33 bits per heavy atom. The van der Waals surface area contributed by atoms with Gasteiger partial charge in [-0.3, -0.25) is 14.4 Å². The van der Waals surface area contributed by atoms with Crippen molar-refractivity contribution < 1.29 is 14.4 Å². The van der Waals surface area contributed by atoms with E-state index in [1.807, 2.05) is 0 Å². The largest absolute Gasteiger partial charge is 0.311 e. The molecular formula is C5H3NO3. The van der Waals surface area contributed by atoms with Crippen molar-refractivity contribution in [3.05, 3.63) is 0 Å². The van der Waals surface area contributed by atoms with Crippen LogP contribution < -0.4 is 0 Å². The molecule has 4 heteroatoms. The van der Waals surface area contributed by atoms with Crippen molar-refractivity contribution in [3.63, 3.8) is 0 Å². The number of ketones is 2. The molecule has 0 spiro atoms. The Labute approximate surface area is 50.4 Å². The molecule has 0 aromatic carbocycles. The van der Waals surface area contributed by atoms with E-state index in [0.29, 0.717) is 0 Å². The third-order valence-electron chi connectivity index (χ3n) is 1.66. The van der Waals surface area contributed by atoms with Gasteiger partial charge in [0.05, 0.1) is 6.54 Å². The number of carbonyl (C=O) groups is 3. The van der Waals surface area contributed by atoms with E-state index in [0.717, 1.165) is 0 Å². The predicted molar refractivity (Wildman–Crippen MR) is 25.5 cm³/mol. The quantitative estimate of drug-likeness (QED) is 0.221. The molecule has 1 amide bonds. The number of piperidine rings is 1. The number of fused-ring (bicyclic) bond motifs is 1. The lowest BCUT2D eigenvalue weighted by molar-refractivity contribution is -0.173. The van der Waals surface area contributed by atoms with Crippen molar-refractivity contribution in [2.45, 2.75) is 6.04 Å². The fraction of sp³-hybridized carbons (Fsp3) is 0.400. The Morgan fingerprint density at radius 2 is 2.00 bits per heavy atom. The highest BCUT2D eigenvalue weighted by molar-refractivity contribution is 6.52. The summed E-state index contributed by atoms with van der Waals surface area (Å²) in [6, 6.07) is -0.669. The van der Waals surface area contributed by atoms with Crippen LogP contribution >= 0.6 is 0 Å². The highest BCUT2D eigenvalue weighted by atomic mass is 16.2. The van der Waals surface area contributed by atoms with Crippen LogP contribution in [0.3, 0.4) is 0 Å². The molecule has 0 bridgehead atoms. The van der Waals surface area contributed by atoms with Gasteiger partial charge in [0, 0.05) is 0 Å². The first-order chi connectivity index (χ1) is 4.22. The third-order valence-corrected chi connectivity index (χ3v) is 1.66. The van der Waals surface area contributed by atoms with Gasteiger partial charge in [-0.25, -0.2) is 0 Å². The van der Waals surface area contributed by atoms with Gasteiger partial charge in [0.15, 0.2) is 11.8 Å². The molecule has 1 atom stereocenters. The lowest BCUT2D eigenvalue weighted by Gasteiger charge is -2.45. The topological polar surface area (TPSA) is 54.5 Å². The minimum absolute atomic E-state index is 0.125. The molecule has 0 N–H and O–H groups in total. The number of hydrogen-bond acceptors (Lipinski definition) is 3. The van der Waals surface area contributed by atoms with Crippen LogP contribution in [-0.4, -0.2) is 35.0 Å². The monoisotopic (exact) mass is 125 g/mol. The summed E-state index contributed by atoms with van der Waals surface area (Å²) in [5, 5.41) is 0. The van der Waals surface area contributed by atoms with Crippen LogP contribution in [0.2, 0.25) is 0 Å². The van der Waals surface area contributed by atoms with Gasteiger partial charge in [-0.2, -0.15) is 0 Å². The first kappa shape index (κ1) is 4.67. The number of amides is 1. The van der Waals surface area contributed by atoms with Crippen LogP contribution in [0.15, 0.2) is 0 Å². The number of β-lactam (4-membered cyclic amide) rings is 1. The van der Waals surface area contributed by atoms with Gasteiger partial charge >= 0.3 is 0 Å². The maximum absolute atomic E-state index is 10.4. The number of rotatable bonds is 0. The molecule has 2 rings (SSSR count). The number of Topliss-reactive ketones (excluding diaryl/α,β-unsaturated/α-hetero) is 2. The zero-order valence-electron chi connectivity index (χ0n) is 4.46. The van der Waals surface area contributed by atoms with Crippen LogP contribution in [-0.2, 0) is 14.4 Å². The van der Waals surface area contributed by atoms with E-state index in [1.165, 1.54) is 4.90 Å². The molecule has 0 saturated carbocycles. The normalized spacial score (nSPS) is 31.3. The molecule has 1 unspecified atom stereocenters. The fourth-order valence-corrected chi connectivity index (χ4v) is 1.08. The standard InChI is InChI=1S/C5H3NO3/c7-2-1-6-3(2)4(8)5(6)9/h3H,1H2. The smallest absolute Gasteiger partial charge is 0.294 e. The van der Waals surface area contributed by atoms with Crippen LogP contribution in [0.5, 0.6) is 0 Å². The molecular weight excluding hydrogens is 122 g/mol. The lowest BCUT2D eigenvalue weighted by atomic mass is 9.87. The highest BCUT2D eigenvalue weighted by Crippen LogP contribution is 2.24. The molecule has 0 aliphatic carbocycles. The van der Waals surface area contributed by atoms with E-state index >= 15 is 0 Å². The van der Waals surface area contributed by atoms with Crippen molar-refractivity contribution in [1.29, 1.82) is 0 Å². The van der Waals surface area contributed by atoms with E-state index in [4.69, 9.17) is 0 Å². The number of hydrogen-bond donors (Lipinski definition) is 0. The van der Waals surface area contributed by atoms with E-state index in [-0.39, 0.29) is 12.3 Å². The first-order valence-electron chi connectivity index (χ1n) is 2.59. The summed E-state index contributed by atoms with van der Waals surface area (Å²) >= 11 is 0. The van der Waals surface area contributed by atoms with Crippen LogP contribution in [0.1, 0.15) is 0 Å². The summed E-state index contributed by atoms with van der Waals surface area (Å²) < 4.78 is 0. The minimum atomic E-state index is -0.669. The van der Waals surface area contributed by atoms with Crippen molar-refractivity contribution in [1.82, 2.24) is 4.90 Å². The van der Waals surface area contributed by atoms with E-state index in [2.05, 4.69) is 0 Å². The van der Waals surface area contributed by atoms with E-state index < -0.39 is 17.7 Å². The van der Waals surface area contributed by atoms with Gasteiger partial charge in [0.2, 0.25) is 5.78 Å². The van der Waals surface area contributed by atoms with Gasteiger partial charge in [-0.15, -0.1) is 0 Å². The average Bonchev–Trinajstić information content (AvgIpc) is 1.81. The molecule has 0 aromatic heterocycles. The Kier molecular flexibility index (Phi) is 0.543. The van der Waals surface area contributed by atoms with Crippen molar-refractivity contribution in [2.75, 3.05) is 6.54 Å². The Hall–Kier alpha value is -1.19. The minimum Gasteiger partial charge on any atom is -0.311 e. The summed E-state index contributed by atoms with van der Waals surface area (Å²) in [5.41, 5.74) is 0. The maximum Gasteiger partial charge on any atom is 0.294 e. The summed E-state index contributed by atoms with van der Waals surface area (Å²) in [7, 11) is 0. The number of nitrogens with zero attached hydrogens (tertiary/aromatic N) is 1. The first-order valence-corrected chi connectivity index (χ1v) is 2.59. The second-order valence-corrected chi connectivity index (χ2v) is 2.17. The highest BCUT2D eigenvalue weighted by Gasteiger charge is 2.58. The van der Waals surface area contributed by atoms with Crippen molar-refractivity contribution in [2.24, 2.45) is 0 Å². The molecule has 2 aliphatic rings. The van der Waals surface area contributed by atoms with Crippen molar-refractivity contribution in [3.8, 4) is 0 Å². The Balaban J connectivity index is 2.28. The molecule has 2 aliphatic heterocycles. The molecule has 2 fully saturated rings. The third kappa shape index (κ3) is 0.303. The van der Waals surface area contributed by atoms with Gasteiger partial charge < -0.3 is 4.90 Å². The van der Waals surface area contributed by atoms with Crippen LogP contribution in [0.25, 0.3) is 0 Å². The molecule has 0 aromatic rings. The molecule has 4 nitrogen and oxygen atoms in total.